The van der Waals surface area contributed by atoms with E-state index in [4.69, 9.17) is 19.2 Å². The molecule has 1 saturated carbocycles. The summed E-state index contributed by atoms with van der Waals surface area (Å²) in [6.07, 6.45) is 5.50. The standard InChI is InChI=1S/C21H31N5O2S/c1-14-5-4-7-21(10-14,27-3)13-23-19-17-11-29-12-18(17)24-20(25-19)22-8-6-16-9-15(2)28-26-16/h9,14H,4-8,10-13H2,1-3H3,(H2,22,23,24,25). The molecular weight excluding hydrogens is 386 g/mol. The van der Waals surface area contributed by atoms with Gasteiger partial charge in [0.05, 0.1) is 17.0 Å². The molecule has 2 aliphatic rings. The molecule has 2 N–H and O–H groups in total. The van der Waals surface area contributed by atoms with E-state index in [1.807, 2.05) is 31.9 Å². The smallest absolute Gasteiger partial charge is 0.224 e. The number of aryl methyl sites for hydroxylation is 1. The number of ether oxygens (including phenoxy) is 1. The van der Waals surface area contributed by atoms with Crippen LogP contribution in [0.2, 0.25) is 0 Å². The number of aromatic nitrogens is 3. The van der Waals surface area contributed by atoms with Crippen LogP contribution < -0.4 is 10.6 Å². The predicted octanol–water partition coefficient (Wildman–Crippen LogP) is 4.18. The largest absolute Gasteiger partial charge is 0.376 e. The van der Waals surface area contributed by atoms with Crippen molar-refractivity contribution in [3.05, 3.63) is 28.8 Å². The Labute approximate surface area is 176 Å². The van der Waals surface area contributed by atoms with Gasteiger partial charge in [0.25, 0.3) is 0 Å². The number of nitrogens with one attached hydrogen (secondary N) is 2. The number of fused-ring (bicyclic) bond motifs is 1. The molecule has 0 saturated heterocycles. The maximum Gasteiger partial charge on any atom is 0.224 e. The molecule has 2 aromatic heterocycles. The second-order valence-electron chi connectivity index (χ2n) is 8.36. The number of rotatable bonds is 8. The normalized spacial score (nSPS) is 23.8. The van der Waals surface area contributed by atoms with E-state index in [1.54, 1.807) is 0 Å². The van der Waals surface area contributed by atoms with Crippen LogP contribution in [0.5, 0.6) is 0 Å². The van der Waals surface area contributed by atoms with E-state index in [9.17, 15) is 0 Å². The first-order valence-corrected chi connectivity index (χ1v) is 11.6. The van der Waals surface area contributed by atoms with Crippen LogP contribution in [0.25, 0.3) is 0 Å². The van der Waals surface area contributed by atoms with Crippen LogP contribution in [0.1, 0.15) is 55.3 Å². The van der Waals surface area contributed by atoms with Crippen LogP contribution >= 0.6 is 11.8 Å². The predicted molar refractivity (Wildman–Crippen MR) is 116 cm³/mol. The van der Waals surface area contributed by atoms with Crippen LogP contribution in [0.4, 0.5) is 11.8 Å². The molecule has 0 aromatic carbocycles. The summed E-state index contributed by atoms with van der Waals surface area (Å²) in [4.78, 5) is 9.54. The van der Waals surface area contributed by atoms with Crippen LogP contribution in [-0.2, 0) is 22.7 Å². The third-order valence-electron chi connectivity index (χ3n) is 5.98. The molecule has 8 heteroatoms. The third kappa shape index (κ3) is 4.86. The molecule has 0 radical (unpaired) electrons. The molecule has 3 heterocycles. The molecule has 2 unspecified atom stereocenters. The Hall–Kier alpha value is -1.80. The second-order valence-corrected chi connectivity index (χ2v) is 9.35. The lowest BCUT2D eigenvalue weighted by atomic mass is 9.78. The molecule has 2 aromatic rings. The summed E-state index contributed by atoms with van der Waals surface area (Å²) in [6, 6.07) is 1.96. The van der Waals surface area contributed by atoms with Crippen molar-refractivity contribution in [3.63, 3.8) is 0 Å². The van der Waals surface area contributed by atoms with Crippen LogP contribution in [0.3, 0.4) is 0 Å². The highest BCUT2D eigenvalue weighted by Crippen LogP contribution is 2.37. The SMILES string of the molecule is COC1(CNc2nc(NCCc3cc(C)on3)nc3c2CSC3)CCCC(C)C1. The van der Waals surface area contributed by atoms with Crippen molar-refractivity contribution in [1.29, 1.82) is 0 Å². The molecule has 0 amide bonds. The van der Waals surface area contributed by atoms with Gasteiger partial charge in [-0.2, -0.15) is 16.7 Å². The zero-order valence-electron chi connectivity index (χ0n) is 17.6. The Balaban J connectivity index is 1.43. The maximum atomic E-state index is 5.99. The molecule has 4 rings (SSSR count). The minimum Gasteiger partial charge on any atom is -0.376 e. The first-order chi connectivity index (χ1) is 14.1. The molecular formula is C21H31N5O2S. The average Bonchev–Trinajstić information content (AvgIpc) is 3.35. The van der Waals surface area contributed by atoms with Crippen molar-refractivity contribution in [2.45, 2.75) is 63.1 Å². The molecule has 7 nitrogen and oxygen atoms in total. The zero-order valence-corrected chi connectivity index (χ0v) is 18.4. The number of hydrogen-bond acceptors (Lipinski definition) is 8. The topological polar surface area (TPSA) is 85.1 Å². The van der Waals surface area contributed by atoms with Crippen LogP contribution in [0, 0.1) is 12.8 Å². The lowest BCUT2D eigenvalue weighted by Gasteiger charge is -2.39. The highest BCUT2D eigenvalue weighted by atomic mass is 32.2. The average molecular weight is 418 g/mol. The summed E-state index contributed by atoms with van der Waals surface area (Å²) >= 11 is 1.89. The van der Waals surface area contributed by atoms with E-state index >= 15 is 0 Å². The Bertz CT molecular complexity index is 842. The van der Waals surface area contributed by atoms with E-state index in [0.717, 1.165) is 66.8 Å². The van der Waals surface area contributed by atoms with Crippen molar-refractivity contribution in [2.75, 3.05) is 30.8 Å². The summed E-state index contributed by atoms with van der Waals surface area (Å²) < 4.78 is 11.1. The molecule has 1 aliphatic heterocycles. The van der Waals surface area contributed by atoms with Gasteiger partial charge in [0.1, 0.15) is 11.6 Å². The van der Waals surface area contributed by atoms with Crippen molar-refractivity contribution < 1.29 is 9.26 Å². The first-order valence-electron chi connectivity index (χ1n) is 10.5. The van der Waals surface area contributed by atoms with Gasteiger partial charge in [-0.05, 0) is 25.7 Å². The quantitative estimate of drug-likeness (QED) is 0.662. The Morgan fingerprint density at radius 1 is 1.31 bits per heavy atom. The maximum absolute atomic E-state index is 5.99. The van der Waals surface area contributed by atoms with Gasteiger partial charge in [0, 0.05) is 49.8 Å². The zero-order chi connectivity index (χ0) is 20.3. The fourth-order valence-corrected chi connectivity index (χ4v) is 5.43. The lowest BCUT2D eigenvalue weighted by Crippen LogP contribution is -2.43. The number of methoxy groups -OCH3 is 1. The lowest BCUT2D eigenvalue weighted by molar-refractivity contribution is -0.0415. The van der Waals surface area contributed by atoms with Crippen molar-refractivity contribution in [3.8, 4) is 0 Å². The highest BCUT2D eigenvalue weighted by Gasteiger charge is 2.35. The van der Waals surface area contributed by atoms with Gasteiger partial charge in [-0.15, -0.1) is 0 Å². The molecule has 0 bridgehead atoms. The summed E-state index contributed by atoms with van der Waals surface area (Å²) in [5, 5.41) is 11.0. The number of anilines is 2. The molecule has 0 spiro atoms. The van der Waals surface area contributed by atoms with Gasteiger partial charge in [-0.1, -0.05) is 24.9 Å². The van der Waals surface area contributed by atoms with E-state index in [-0.39, 0.29) is 5.60 Å². The Kier molecular flexibility index (Phi) is 6.29. The van der Waals surface area contributed by atoms with Gasteiger partial charge in [-0.25, -0.2) is 4.98 Å². The monoisotopic (exact) mass is 417 g/mol. The molecule has 29 heavy (non-hydrogen) atoms. The molecule has 1 aliphatic carbocycles. The molecule has 1 fully saturated rings. The summed E-state index contributed by atoms with van der Waals surface area (Å²) in [6.45, 7) is 5.74. The highest BCUT2D eigenvalue weighted by molar-refractivity contribution is 7.98. The first kappa shape index (κ1) is 20.5. The van der Waals surface area contributed by atoms with Gasteiger partial charge >= 0.3 is 0 Å². The Morgan fingerprint density at radius 2 is 2.21 bits per heavy atom. The van der Waals surface area contributed by atoms with E-state index in [0.29, 0.717) is 11.9 Å². The van der Waals surface area contributed by atoms with Gasteiger partial charge in [-0.3, -0.25) is 0 Å². The Morgan fingerprint density at radius 3 is 2.97 bits per heavy atom. The summed E-state index contributed by atoms with van der Waals surface area (Å²) in [7, 11) is 1.85. The van der Waals surface area contributed by atoms with E-state index in [2.05, 4.69) is 22.7 Å². The van der Waals surface area contributed by atoms with Crippen LogP contribution in [-0.4, -0.2) is 40.9 Å². The van der Waals surface area contributed by atoms with Gasteiger partial charge < -0.3 is 19.9 Å². The van der Waals surface area contributed by atoms with Crippen molar-refractivity contribution >= 4 is 23.5 Å². The van der Waals surface area contributed by atoms with E-state index in [1.165, 1.54) is 18.4 Å². The molecule has 158 valence electrons. The minimum atomic E-state index is -0.0976. The van der Waals surface area contributed by atoms with Gasteiger partial charge in [0.15, 0.2) is 0 Å². The second kappa shape index (κ2) is 8.92. The minimum absolute atomic E-state index is 0.0976. The number of nitrogens with zero attached hydrogens (tertiary/aromatic N) is 3. The van der Waals surface area contributed by atoms with Crippen molar-refractivity contribution in [2.24, 2.45) is 5.92 Å². The fourth-order valence-electron chi connectivity index (χ4n) is 4.39. The number of thioether (sulfide) groups is 1. The summed E-state index contributed by atoms with van der Waals surface area (Å²) in [5.74, 6) is 5.07. The molecule has 2 atom stereocenters. The van der Waals surface area contributed by atoms with Crippen LogP contribution in [0.15, 0.2) is 10.6 Å². The van der Waals surface area contributed by atoms with Gasteiger partial charge in [0.2, 0.25) is 5.95 Å². The third-order valence-corrected chi connectivity index (χ3v) is 6.95. The van der Waals surface area contributed by atoms with Crippen molar-refractivity contribution in [1.82, 2.24) is 15.1 Å². The number of hydrogen-bond donors (Lipinski definition) is 2. The fraction of sp³-hybridized carbons (Fsp3) is 0.667. The van der Waals surface area contributed by atoms with E-state index < -0.39 is 0 Å². The summed E-state index contributed by atoms with van der Waals surface area (Å²) in [5.41, 5.74) is 3.22.